The van der Waals surface area contributed by atoms with Crippen molar-refractivity contribution in [2.45, 2.75) is 24.7 Å². The van der Waals surface area contributed by atoms with Crippen LogP contribution in [0.3, 0.4) is 0 Å². The van der Waals surface area contributed by atoms with Crippen LogP contribution in [0.25, 0.3) is 6.08 Å². The number of hydrogen-bond donors (Lipinski definition) is 0. The van der Waals surface area contributed by atoms with Gasteiger partial charge in [-0.25, -0.2) is 0 Å². The van der Waals surface area contributed by atoms with Crippen molar-refractivity contribution in [2.75, 3.05) is 6.61 Å². The zero-order valence-corrected chi connectivity index (χ0v) is 13.4. The summed E-state index contributed by atoms with van der Waals surface area (Å²) in [4.78, 5) is 0.206. The molecule has 0 fully saturated rings. The van der Waals surface area contributed by atoms with E-state index in [1.807, 2.05) is 49.4 Å². The topological polar surface area (TPSA) is 43.4 Å². The molecule has 0 aliphatic carbocycles. The molecule has 2 aromatic rings. The molecule has 22 heavy (non-hydrogen) atoms. The largest absolute Gasteiger partial charge is 0.296 e. The molecule has 2 aromatic carbocycles. The molecule has 3 nitrogen and oxygen atoms in total. The zero-order chi connectivity index (χ0) is 15.8. The first-order chi connectivity index (χ1) is 10.6. The fourth-order valence-corrected chi connectivity index (χ4v) is 2.87. The van der Waals surface area contributed by atoms with Crippen molar-refractivity contribution in [1.29, 1.82) is 0 Å². The Morgan fingerprint density at radius 3 is 2.36 bits per heavy atom. The van der Waals surface area contributed by atoms with Gasteiger partial charge >= 0.3 is 0 Å². The number of hydrogen-bond acceptors (Lipinski definition) is 3. The highest BCUT2D eigenvalue weighted by Gasteiger charge is 2.13. The maximum atomic E-state index is 12.0. The molecule has 0 unspecified atom stereocenters. The van der Waals surface area contributed by atoms with Crippen LogP contribution in [0.2, 0.25) is 0 Å². The van der Waals surface area contributed by atoms with Gasteiger partial charge in [0.2, 0.25) is 0 Å². The highest BCUT2D eigenvalue weighted by Crippen LogP contribution is 2.13. The van der Waals surface area contributed by atoms with Gasteiger partial charge in [0.15, 0.2) is 0 Å². The lowest BCUT2D eigenvalue weighted by atomic mass is 10.2. The monoisotopic (exact) mass is 316 g/mol. The molecule has 0 bridgehead atoms. The molecule has 0 saturated carbocycles. The van der Waals surface area contributed by atoms with E-state index in [-0.39, 0.29) is 11.5 Å². The van der Waals surface area contributed by atoms with E-state index < -0.39 is 10.1 Å². The lowest BCUT2D eigenvalue weighted by Gasteiger charge is -2.05. The second-order valence-electron chi connectivity index (χ2n) is 5.04. The first-order valence-corrected chi connectivity index (χ1v) is 8.66. The Kier molecular flexibility index (Phi) is 5.92. The van der Waals surface area contributed by atoms with Gasteiger partial charge in [0.05, 0.1) is 11.5 Å². The van der Waals surface area contributed by atoms with E-state index in [4.69, 9.17) is 4.18 Å². The van der Waals surface area contributed by atoms with Crippen molar-refractivity contribution >= 4 is 16.2 Å². The average molecular weight is 316 g/mol. The van der Waals surface area contributed by atoms with Crippen molar-refractivity contribution in [3.8, 4) is 0 Å². The number of rotatable bonds is 7. The molecular formula is C18H20O3S. The van der Waals surface area contributed by atoms with Crippen LogP contribution in [0.4, 0.5) is 0 Å². The first-order valence-electron chi connectivity index (χ1n) is 7.26. The van der Waals surface area contributed by atoms with E-state index in [1.165, 1.54) is 0 Å². The molecule has 0 N–H and O–H groups in total. The summed E-state index contributed by atoms with van der Waals surface area (Å²) in [5, 5.41) is 0. The third kappa shape index (κ3) is 5.13. The van der Waals surface area contributed by atoms with E-state index in [0.717, 1.165) is 17.5 Å². The Bertz CT molecular complexity index is 702. The van der Waals surface area contributed by atoms with Crippen LogP contribution in [-0.2, 0) is 14.3 Å². The van der Waals surface area contributed by atoms with Gasteiger partial charge < -0.3 is 0 Å². The zero-order valence-electron chi connectivity index (χ0n) is 12.6. The fourth-order valence-electron chi connectivity index (χ4n) is 1.93. The van der Waals surface area contributed by atoms with Crippen LogP contribution in [-0.4, -0.2) is 15.0 Å². The predicted molar refractivity (Wildman–Crippen MR) is 89.0 cm³/mol. The molecule has 0 aliphatic rings. The third-order valence-corrected chi connectivity index (χ3v) is 4.50. The third-order valence-electron chi connectivity index (χ3n) is 3.17. The van der Waals surface area contributed by atoms with E-state index >= 15 is 0 Å². The molecule has 0 saturated heterocycles. The fraction of sp³-hybridized carbons (Fsp3) is 0.222. The SMILES string of the molecule is Cc1ccc(S(=O)(=O)OCCCC=Cc2ccccc2)cc1. The van der Waals surface area contributed by atoms with Crippen LogP contribution in [0.1, 0.15) is 24.0 Å². The molecular weight excluding hydrogens is 296 g/mol. The van der Waals surface area contributed by atoms with Gasteiger partial charge in [-0.1, -0.05) is 60.2 Å². The highest BCUT2D eigenvalue weighted by atomic mass is 32.2. The minimum absolute atomic E-state index is 0.190. The Morgan fingerprint density at radius 2 is 1.68 bits per heavy atom. The van der Waals surface area contributed by atoms with Crippen molar-refractivity contribution in [1.82, 2.24) is 0 Å². The van der Waals surface area contributed by atoms with E-state index in [2.05, 4.69) is 0 Å². The molecule has 2 rings (SSSR count). The maximum Gasteiger partial charge on any atom is 0.296 e. The van der Waals surface area contributed by atoms with Gasteiger partial charge in [0, 0.05) is 0 Å². The van der Waals surface area contributed by atoms with E-state index in [1.54, 1.807) is 24.3 Å². The van der Waals surface area contributed by atoms with Gasteiger partial charge in [0.25, 0.3) is 10.1 Å². The summed E-state index contributed by atoms with van der Waals surface area (Å²) in [6, 6.07) is 16.6. The molecule has 0 amide bonds. The van der Waals surface area contributed by atoms with Crippen LogP contribution >= 0.6 is 0 Å². The van der Waals surface area contributed by atoms with Crippen LogP contribution in [0.5, 0.6) is 0 Å². The molecule has 0 heterocycles. The van der Waals surface area contributed by atoms with Crippen molar-refractivity contribution in [3.05, 3.63) is 71.8 Å². The molecule has 4 heteroatoms. The first kappa shape index (κ1) is 16.5. The van der Waals surface area contributed by atoms with Gasteiger partial charge in [0.1, 0.15) is 0 Å². The summed E-state index contributed by atoms with van der Waals surface area (Å²) in [5.41, 5.74) is 2.15. The molecule has 116 valence electrons. The number of allylic oxidation sites excluding steroid dienone is 1. The Morgan fingerprint density at radius 1 is 1.00 bits per heavy atom. The van der Waals surface area contributed by atoms with Gasteiger partial charge in [-0.2, -0.15) is 8.42 Å². The quantitative estimate of drug-likeness (QED) is 0.568. The smallest absolute Gasteiger partial charge is 0.266 e. The molecule has 0 radical (unpaired) electrons. The van der Waals surface area contributed by atoms with Crippen molar-refractivity contribution < 1.29 is 12.6 Å². The predicted octanol–water partition coefficient (Wildman–Crippen LogP) is 4.19. The summed E-state index contributed by atoms with van der Waals surface area (Å²) >= 11 is 0. The molecule has 0 aromatic heterocycles. The summed E-state index contributed by atoms with van der Waals surface area (Å²) in [6.45, 7) is 2.10. The van der Waals surface area contributed by atoms with Crippen LogP contribution in [0.15, 0.2) is 65.6 Å². The van der Waals surface area contributed by atoms with Gasteiger partial charge in [-0.15, -0.1) is 0 Å². The summed E-state index contributed by atoms with van der Waals surface area (Å²) < 4.78 is 29.0. The lowest BCUT2D eigenvalue weighted by Crippen LogP contribution is -2.07. The highest BCUT2D eigenvalue weighted by molar-refractivity contribution is 7.86. The summed E-state index contributed by atoms with van der Waals surface area (Å²) in [5.74, 6) is 0. The number of benzene rings is 2. The second kappa shape index (κ2) is 7.92. The Labute approximate surface area is 132 Å². The maximum absolute atomic E-state index is 12.0. The Balaban J connectivity index is 1.76. The van der Waals surface area contributed by atoms with Crippen LogP contribution in [0, 0.1) is 6.92 Å². The summed E-state index contributed by atoms with van der Waals surface area (Å²) in [7, 11) is -3.64. The van der Waals surface area contributed by atoms with E-state index in [0.29, 0.717) is 6.42 Å². The van der Waals surface area contributed by atoms with Crippen molar-refractivity contribution in [2.24, 2.45) is 0 Å². The minimum atomic E-state index is -3.64. The standard InChI is InChI=1S/C18H20O3S/c1-16-11-13-18(14-12-16)22(19,20)21-15-7-3-6-10-17-8-4-2-5-9-17/h2,4-6,8-14H,3,7,15H2,1H3. The number of aryl methyl sites for hydroxylation is 1. The second-order valence-corrected chi connectivity index (χ2v) is 6.66. The van der Waals surface area contributed by atoms with Gasteiger partial charge in [-0.3, -0.25) is 4.18 Å². The molecule has 0 spiro atoms. The number of unbranched alkanes of at least 4 members (excludes halogenated alkanes) is 1. The minimum Gasteiger partial charge on any atom is -0.266 e. The molecule has 0 aliphatic heterocycles. The van der Waals surface area contributed by atoms with Crippen molar-refractivity contribution in [3.63, 3.8) is 0 Å². The van der Waals surface area contributed by atoms with Gasteiger partial charge in [-0.05, 0) is 37.5 Å². The van der Waals surface area contributed by atoms with E-state index in [9.17, 15) is 8.42 Å². The summed E-state index contributed by atoms with van der Waals surface area (Å²) in [6.07, 6.45) is 5.48. The van der Waals surface area contributed by atoms with Crippen LogP contribution < -0.4 is 0 Å². The average Bonchev–Trinajstić information content (AvgIpc) is 2.52. The lowest BCUT2D eigenvalue weighted by molar-refractivity contribution is 0.313. The molecule has 0 atom stereocenters. The normalized spacial score (nSPS) is 11.9. The Hall–Kier alpha value is -1.91.